The molecule has 10 heteroatoms. The van der Waals surface area contributed by atoms with Crippen LogP contribution in [0.5, 0.6) is 0 Å². The van der Waals surface area contributed by atoms with Crippen molar-refractivity contribution in [1.29, 1.82) is 0 Å². The van der Waals surface area contributed by atoms with E-state index in [1.165, 1.54) is 4.90 Å². The van der Waals surface area contributed by atoms with E-state index in [4.69, 9.17) is 4.74 Å². The normalized spacial score (nSPS) is 17.6. The number of nitrogens with one attached hydrogen (secondary N) is 1. The van der Waals surface area contributed by atoms with Gasteiger partial charge in [-0.25, -0.2) is 0 Å². The maximum atomic E-state index is 12.9. The highest BCUT2D eigenvalue weighted by atomic mass is 16.5. The Morgan fingerprint density at radius 3 is 2.62 bits per heavy atom. The molecule has 1 aromatic heterocycles. The minimum atomic E-state index is -1.10. The topological polar surface area (TPSA) is 129 Å². The first-order valence-corrected chi connectivity index (χ1v) is 10.9. The van der Waals surface area contributed by atoms with Gasteiger partial charge in [0.05, 0.1) is 25.0 Å². The molecule has 0 aliphatic carbocycles. The van der Waals surface area contributed by atoms with Gasteiger partial charge in [-0.1, -0.05) is 36.4 Å². The first-order chi connectivity index (χ1) is 16.3. The predicted octanol–water partition coefficient (Wildman–Crippen LogP) is 0.847. The number of rotatable bonds is 11. The van der Waals surface area contributed by atoms with Crippen LogP contribution in [-0.4, -0.2) is 76.9 Å². The van der Waals surface area contributed by atoms with Crippen molar-refractivity contribution in [2.75, 3.05) is 33.2 Å². The van der Waals surface area contributed by atoms with Crippen LogP contribution >= 0.6 is 0 Å². The largest absolute Gasteiger partial charge is 0.480 e. The summed E-state index contributed by atoms with van der Waals surface area (Å²) in [7, 11) is 1.66. The third-order valence-electron chi connectivity index (χ3n) is 5.63. The van der Waals surface area contributed by atoms with Crippen molar-refractivity contribution in [2.24, 2.45) is 5.92 Å². The summed E-state index contributed by atoms with van der Waals surface area (Å²) in [5, 5.41) is 12.0. The molecule has 1 aliphatic heterocycles. The number of benzene rings is 1. The summed E-state index contributed by atoms with van der Waals surface area (Å²) in [5.41, 5.74) is 1.59. The van der Waals surface area contributed by atoms with E-state index in [-0.39, 0.29) is 51.0 Å². The fourth-order valence-electron chi connectivity index (χ4n) is 3.95. The molecule has 2 amide bonds. The summed E-state index contributed by atoms with van der Waals surface area (Å²) < 4.78 is 5.23. The summed E-state index contributed by atoms with van der Waals surface area (Å²) in [6, 6.07) is 12.3. The van der Waals surface area contributed by atoms with Crippen molar-refractivity contribution in [1.82, 2.24) is 20.1 Å². The van der Waals surface area contributed by atoms with Gasteiger partial charge in [-0.05, 0) is 17.2 Å². The standard InChI is InChI=1S/C24H28N4O6/c1-27-20(29)12-19(23(27)18-8-5-9-25-13-18)24(33)26-10-11-28(14-21(30)31)15-22(32)34-16-17-6-3-2-4-7-17/h2-9,13,19,23H,10-12,14-16H2,1H3,(H,26,33)(H,30,31)/t19-,23+/m0/s1. The Morgan fingerprint density at radius 1 is 1.18 bits per heavy atom. The second-order valence-corrected chi connectivity index (χ2v) is 8.09. The van der Waals surface area contributed by atoms with Crippen LogP contribution in [0.25, 0.3) is 0 Å². The van der Waals surface area contributed by atoms with Gasteiger partial charge >= 0.3 is 11.9 Å². The quantitative estimate of drug-likeness (QED) is 0.465. The number of carbonyl (C=O) groups excluding carboxylic acids is 3. The van der Waals surface area contributed by atoms with Crippen molar-refractivity contribution < 1.29 is 29.0 Å². The lowest BCUT2D eigenvalue weighted by Gasteiger charge is -2.25. The van der Waals surface area contributed by atoms with Crippen LogP contribution in [0.4, 0.5) is 0 Å². The molecule has 2 N–H and O–H groups in total. The molecule has 0 saturated carbocycles. The summed E-state index contributed by atoms with van der Waals surface area (Å²) in [6.45, 7) is -0.258. The smallest absolute Gasteiger partial charge is 0.320 e. The number of hydrogen-bond donors (Lipinski definition) is 2. The fourth-order valence-corrected chi connectivity index (χ4v) is 3.95. The Bertz CT molecular complexity index is 1000. The minimum absolute atomic E-state index is 0.0759. The molecular weight excluding hydrogens is 440 g/mol. The molecule has 0 bridgehead atoms. The highest BCUT2D eigenvalue weighted by Gasteiger charge is 2.42. The predicted molar refractivity (Wildman–Crippen MR) is 121 cm³/mol. The van der Waals surface area contributed by atoms with E-state index in [1.807, 2.05) is 36.4 Å². The number of hydrogen-bond acceptors (Lipinski definition) is 7. The van der Waals surface area contributed by atoms with Crippen LogP contribution in [0, 0.1) is 5.92 Å². The third-order valence-corrected chi connectivity index (χ3v) is 5.63. The average molecular weight is 469 g/mol. The molecule has 2 heterocycles. The molecule has 2 atom stereocenters. The highest BCUT2D eigenvalue weighted by molar-refractivity contribution is 5.90. The van der Waals surface area contributed by atoms with Crippen molar-refractivity contribution in [3.63, 3.8) is 0 Å². The Kier molecular flexibility index (Phi) is 8.69. The number of aliphatic carboxylic acids is 1. The van der Waals surface area contributed by atoms with Gasteiger partial charge in [-0.3, -0.25) is 29.1 Å². The van der Waals surface area contributed by atoms with Crippen LogP contribution in [0.1, 0.15) is 23.6 Å². The number of nitrogens with zero attached hydrogens (tertiary/aromatic N) is 3. The van der Waals surface area contributed by atoms with Crippen molar-refractivity contribution >= 4 is 23.8 Å². The first-order valence-electron chi connectivity index (χ1n) is 10.9. The lowest BCUT2D eigenvalue weighted by molar-refractivity contribution is -0.147. The van der Waals surface area contributed by atoms with Crippen molar-refractivity contribution in [2.45, 2.75) is 19.1 Å². The number of esters is 1. The lowest BCUT2D eigenvalue weighted by atomic mass is 9.94. The van der Waals surface area contributed by atoms with Gasteiger partial charge in [0.2, 0.25) is 11.8 Å². The number of likely N-dealkylation sites (tertiary alicyclic amines) is 1. The van der Waals surface area contributed by atoms with Gasteiger partial charge in [0.1, 0.15) is 6.61 Å². The highest BCUT2D eigenvalue weighted by Crippen LogP contribution is 2.36. The van der Waals surface area contributed by atoms with Crippen LogP contribution < -0.4 is 5.32 Å². The molecule has 34 heavy (non-hydrogen) atoms. The van der Waals surface area contributed by atoms with Gasteiger partial charge in [0, 0.05) is 39.0 Å². The summed E-state index contributed by atoms with van der Waals surface area (Å²) in [6.07, 6.45) is 3.33. The second-order valence-electron chi connectivity index (χ2n) is 8.09. The maximum absolute atomic E-state index is 12.9. The molecule has 0 radical (unpaired) electrons. The Hall–Kier alpha value is -3.79. The van der Waals surface area contributed by atoms with Crippen LogP contribution in [0.3, 0.4) is 0 Å². The number of ether oxygens (including phenoxy) is 1. The number of amides is 2. The number of carboxylic acid groups (broad SMARTS) is 1. The molecule has 180 valence electrons. The number of carbonyl (C=O) groups is 4. The zero-order valence-electron chi connectivity index (χ0n) is 18.9. The van der Waals surface area contributed by atoms with Crippen LogP contribution in [0.2, 0.25) is 0 Å². The van der Waals surface area contributed by atoms with E-state index in [2.05, 4.69) is 10.3 Å². The summed E-state index contributed by atoms with van der Waals surface area (Å²) >= 11 is 0. The number of carboxylic acids is 1. The monoisotopic (exact) mass is 468 g/mol. The molecule has 0 unspecified atom stereocenters. The molecular formula is C24H28N4O6. The molecule has 0 spiro atoms. The van der Waals surface area contributed by atoms with E-state index < -0.39 is 23.9 Å². The van der Waals surface area contributed by atoms with E-state index in [0.29, 0.717) is 0 Å². The maximum Gasteiger partial charge on any atom is 0.320 e. The van der Waals surface area contributed by atoms with Gasteiger partial charge in [-0.15, -0.1) is 0 Å². The third kappa shape index (κ3) is 6.85. The van der Waals surface area contributed by atoms with E-state index in [9.17, 15) is 24.3 Å². The Labute approximate surface area is 197 Å². The van der Waals surface area contributed by atoms with Gasteiger partial charge in [0.25, 0.3) is 0 Å². The van der Waals surface area contributed by atoms with E-state index in [1.54, 1.807) is 30.4 Å². The van der Waals surface area contributed by atoms with Gasteiger partial charge < -0.3 is 20.1 Å². The number of pyridine rings is 1. The van der Waals surface area contributed by atoms with Gasteiger partial charge in [-0.2, -0.15) is 0 Å². The summed E-state index contributed by atoms with van der Waals surface area (Å²) in [4.78, 5) is 55.6. The molecule has 3 rings (SSSR count). The SMILES string of the molecule is CN1C(=O)C[C@H](C(=O)NCCN(CC(=O)O)CC(=O)OCc2ccccc2)[C@H]1c1cccnc1. The molecule has 1 saturated heterocycles. The molecule has 1 fully saturated rings. The van der Waals surface area contributed by atoms with Crippen LogP contribution in [0.15, 0.2) is 54.9 Å². The first kappa shape index (κ1) is 24.8. The molecule has 10 nitrogen and oxygen atoms in total. The molecule has 1 aromatic carbocycles. The van der Waals surface area contributed by atoms with E-state index >= 15 is 0 Å². The van der Waals surface area contributed by atoms with Gasteiger partial charge in [0.15, 0.2) is 0 Å². The minimum Gasteiger partial charge on any atom is -0.480 e. The second kappa shape index (κ2) is 11.9. The fraction of sp³-hybridized carbons (Fsp3) is 0.375. The Balaban J connectivity index is 1.52. The Morgan fingerprint density at radius 2 is 1.94 bits per heavy atom. The number of aromatic nitrogens is 1. The van der Waals surface area contributed by atoms with Crippen molar-refractivity contribution in [3.05, 3.63) is 66.0 Å². The summed E-state index contributed by atoms with van der Waals surface area (Å²) in [5.74, 6) is -2.69. The lowest BCUT2D eigenvalue weighted by Crippen LogP contribution is -2.42. The zero-order chi connectivity index (χ0) is 24.5. The van der Waals surface area contributed by atoms with Crippen LogP contribution in [-0.2, 0) is 30.5 Å². The molecule has 1 aliphatic rings. The van der Waals surface area contributed by atoms with Crippen molar-refractivity contribution in [3.8, 4) is 0 Å². The van der Waals surface area contributed by atoms with E-state index in [0.717, 1.165) is 11.1 Å². The zero-order valence-corrected chi connectivity index (χ0v) is 18.9. The average Bonchev–Trinajstić information content (AvgIpc) is 3.12. The molecule has 2 aromatic rings.